The maximum absolute atomic E-state index is 13.2. The maximum Gasteiger partial charge on any atom is 0.277 e. The number of carbonyl (C=O) groups is 1. The molecular weight excluding hydrogens is 439 g/mol. The van der Waals surface area contributed by atoms with Crippen LogP contribution in [0.3, 0.4) is 0 Å². The Morgan fingerprint density at radius 2 is 1.79 bits per heavy atom. The van der Waals surface area contributed by atoms with Gasteiger partial charge in [-0.2, -0.15) is 0 Å². The molecule has 33 heavy (non-hydrogen) atoms. The number of likely N-dealkylation sites (N-methyl/N-ethyl adjacent to an activating group) is 1. The zero-order valence-corrected chi connectivity index (χ0v) is 19.9. The van der Waals surface area contributed by atoms with Crippen molar-refractivity contribution in [1.82, 2.24) is 9.80 Å². The van der Waals surface area contributed by atoms with Crippen molar-refractivity contribution in [3.8, 4) is 11.5 Å². The molecule has 174 valence electrons. The normalized spacial score (nSPS) is 18.3. The predicted molar refractivity (Wildman–Crippen MR) is 130 cm³/mol. The third-order valence-electron chi connectivity index (χ3n) is 6.11. The third kappa shape index (κ3) is 5.19. The van der Waals surface area contributed by atoms with Gasteiger partial charge in [0.2, 0.25) is 0 Å². The SMILES string of the molecule is CCOc1cc(C=C2C(=O)N(C3CCCCC3)C(=S)N2C)ccc1OCc1ccc(F)cc1. The van der Waals surface area contributed by atoms with E-state index in [-0.39, 0.29) is 17.8 Å². The number of thiocarbonyl (C=S) groups is 1. The van der Waals surface area contributed by atoms with Crippen molar-refractivity contribution in [3.63, 3.8) is 0 Å². The first-order chi connectivity index (χ1) is 16.0. The van der Waals surface area contributed by atoms with E-state index in [0.29, 0.717) is 35.5 Å². The summed E-state index contributed by atoms with van der Waals surface area (Å²) in [6.45, 7) is 2.68. The highest BCUT2D eigenvalue weighted by Crippen LogP contribution is 2.33. The van der Waals surface area contributed by atoms with Gasteiger partial charge in [-0.1, -0.05) is 37.5 Å². The van der Waals surface area contributed by atoms with E-state index in [1.807, 2.05) is 38.2 Å². The first-order valence-corrected chi connectivity index (χ1v) is 11.9. The molecule has 0 N–H and O–H groups in total. The highest BCUT2D eigenvalue weighted by molar-refractivity contribution is 7.80. The van der Waals surface area contributed by atoms with Crippen molar-refractivity contribution in [2.24, 2.45) is 0 Å². The molecular formula is C26H29FN2O3S. The third-order valence-corrected chi connectivity index (χ3v) is 6.58. The molecule has 2 aromatic carbocycles. The summed E-state index contributed by atoms with van der Waals surface area (Å²) in [5.41, 5.74) is 2.25. The van der Waals surface area contributed by atoms with Crippen LogP contribution in [0, 0.1) is 5.82 Å². The molecule has 1 saturated carbocycles. The fraction of sp³-hybridized carbons (Fsp3) is 0.385. The lowest BCUT2D eigenvalue weighted by Gasteiger charge is -2.30. The fourth-order valence-electron chi connectivity index (χ4n) is 4.34. The molecule has 0 radical (unpaired) electrons. The number of hydrogen-bond acceptors (Lipinski definition) is 4. The number of carbonyl (C=O) groups excluding carboxylic acids is 1. The van der Waals surface area contributed by atoms with E-state index in [0.717, 1.165) is 36.8 Å². The van der Waals surface area contributed by atoms with E-state index in [1.54, 1.807) is 21.9 Å². The number of hydrogen-bond donors (Lipinski definition) is 0. The summed E-state index contributed by atoms with van der Waals surface area (Å²) in [5, 5.41) is 0.572. The van der Waals surface area contributed by atoms with Crippen LogP contribution < -0.4 is 9.47 Å². The van der Waals surface area contributed by atoms with Gasteiger partial charge in [-0.25, -0.2) is 4.39 Å². The number of nitrogens with zero attached hydrogens (tertiary/aromatic N) is 2. The summed E-state index contributed by atoms with van der Waals surface area (Å²) < 4.78 is 24.8. The van der Waals surface area contributed by atoms with Crippen LogP contribution >= 0.6 is 12.2 Å². The van der Waals surface area contributed by atoms with Crippen LogP contribution in [0.5, 0.6) is 11.5 Å². The molecule has 0 spiro atoms. The van der Waals surface area contributed by atoms with Gasteiger partial charge in [-0.05, 0) is 73.5 Å². The lowest BCUT2D eigenvalue weighted by Crippen LogP contribution is -2.41. The van der Waals surface area contributed by atoms with Crippen LogP contribution in [-0.2, 0) is 11.4 Å². The topological polar surface area (TPSA) is 42.0 Å². The minimum absolute atomic E-state index is 0.0380. The highest BCUT2D eigenvalue weighted by Gasteiger charge is 2.40. The Morgan fingerprint density at radius 3 is 2.48 bits per heavy atom. The van der Waals surface area contributed by atoms with E-state index in [4.69, 9.17) is 21.7 Å². The second kappa shape index (κ2) is 10.3. The Balaban J connectivity index is 1.54. The van der Waals surface area contributed by atoms with Crippen molar-refractivity contribution in [2.75, 3.05) is 13.7 Å². The smallest absolute Gasteiger partial charge is 0.277 e. The average Bonchev–Trinajstić information content (AvgIpc) is 3.03. The molecule has 1 heterocycles. The van der Waals surface area contributed by atoms with Crippen molar-refractivity contribution >= 4 is 29.3 Å². The second-order valence-electron chi connectivity index (χ2n) is 8.39. The standard InChI is InChI=1S/C26H29FN2O3S/c1-3-31-24-16-19(11-14-23(24)32-17-18-9-12-20(27)13-10-18)15-22-25(30)29(26(33)28(22)2)21-7-5-4-6-8-21/h9-16,21H,3-8,17H2,1-2H3. The first kappa shape index (κ1) is 23.2. The Bertz CT molecular complexity index is 1050. The lowest BCUT2D eigenvalue weighted by atomic mass is 9.94. The minimum atomic E-state index is -0.279. The molecule has 0 aromatic heterocycles. The molecule has 2 aromatic rings. The lowest BCUT2D eigenvalue weighted by molar-refractivity contribution is -0.124. The minimum Gasteiger partial charge on any atom is -0.490 e. The molecule has 1 aliphatic heterocycles. The van der Waals surface area contributed by atoms with Crippen molar-refractivity contribution in [3.05, 3.63) is 65.1 Å². The van der Waals surface area contributed by atoms with Crippen LogP contribution in [-0.4, -0.2) is 40.5 Å². The molecule has 0 unspecified atom stereocenters. The predicted octanol–water partition coefficient (Wildman–Crippen LogP) is 5.54. The summed E-state index contributed by atoms with van der Waals surface area (Å²) in [6, 6.07) is 12.0. The average molecular weight is 469 g/mol. The van der Waals surface area contributed by atoms with Crippen LogP contribution in [0.25, 0.3) is 6.08 Å². The van der Waals surface area contributed by atoms with Gasteiger partial charge in [0.15, 0.2) is 16.6 Å². The van der Waals surface area contributed by atoms with Crippen LogP contribution in [0.2, 0.25) is 0 Å². The van der Waals surface area contributed by atoms with Crippen molar-refractivity contribution < 1.29 is 18.7 Å². The number of ether oxygens (including phenoxy) is 2. The van der Waals surface area contributed by atoms with Gasteiger partial charge in [0.1, 0.15) is 18.1 Å². The number of halogens is 1. The summed E-state index contributed by atoms with van der Waals surface area (Å²) in [5.74, 6) is 0.866. The Hall–Kier alpha value is -2.93. The number of benzene rings is 2. The van der Waals surface area contributed by atoms with Crippen LogP contribution in [0.1, 0.15) is 50.2 Å². The van der Waals surface area contributed by atoms with Gasteiger partial charge in [0.05, 0.1) is 6.61 Å². The van der Waals surface area contributed by atoms with Crippen molar-refractivity contribution in [2.45, 2.75) is 51.7 Å². The fourth-order valence-corrected chi connectivity index (χ4v) is 4.67. The van der Waals surface area contributed by atoms with E-state index in [1.165, 1.54) is 18.6 Å². The molecule has 1 saturated heterocycles. The van der Waals surface area contributed by atoms with Crippen molar-refractivity contribution in [1.29, 1.82) is 0 Å². The van der Waals surface area contributed by atoms with E-state index >= 15 is 0 Å². The molecule has 1 aliphatic carbocycles. The summed E-state index contributed by atoms with van der Waals surface area (Å²) >= 11 is 5.61. The molecule has 2 fully saturated rings. The zero-order valence-electron chi connectivity index (χ0n) is 19.1. The quantitative estimate of drug-likeness (QED) is 0.395. The maximum atomic E-state index is 13.2. The molecule has 0 atom stereocenters. The van der Waals surface area contributed by atoms with Gasteiger partial charge < -0.3 is 14.4 Å². The Morgan fingerprint density at radius 1 is 1.06 bits per heavy atom. The largest absolute Gasteiger partial charge is 0.490 e. The van der Waals surface area contributed by atoms with Crippen LogP contribution in [0.4, 0.5) is 4.39 Å². The molecule has 5 nitrogen and oxygen atoms in total. The second-order valence-corrected chi connectivity index (χ2v) is 8.76. The summed E-state index contributed by atoms with van der Waals surface area (Å²) in [4.78, 5) is 16.8. The molecule has 0 bridgehead atoms. The first-order valence-electron chi connectivity index (χ1n) is 11.4. The zero-order chi connectivity index (χ0) is 23.4. The van der Waals surface area contributed by atoms with E-state index in [9.17, 15) is 9.18 Å². The Labute approximate surface area is 199 Å². The van der Waals surface area contributed by atoms with Gasteiger partial charge in [-0.3, -0.25) is 9.69 Å². The summed E-state index contributed by atoms with van der Waals surface area (Å²) in [6.07, 6.45) is 7.35. The van der Waals surface area contributed by atoms with Crippen LogP contribution in [0.15, 0.2) is 48.2 Å². The molecule has 1 amide bonds. The highest BCUT2D eigenvalue weighted by atomic mass is 32.1. The number of amides is 1. The monoisotopic (exact) mass is 468 g/mol. The molecule has 7 heteroatoms. The van der Waals surface area contributed by atoms with Gasteiger partial charge >= 0.3 is 0 Å². The molecule has 2 aliphatic rings. The number of rotatable bonds is 7. The van der Waals surface area contributed by atoms with Gasteiger partial charge in [-0.15, -0.1) is 0 Å². The van der Waals surface area contributed by atoms with E-state index in [2.05, 4.69) is 0 Å². The Kier molecular flexibility index (Phi) is 7.28. The molecule has 4 rings (SSSR count). The van der Waals surface area contributed by atoms with Gasteiger partial charge in [0.25, 0.3) is 5.91 Å². The van der Waals surface area contributed by atoms with Gasteiger partial charge in [0, 0.05) is 13.1 Å². The summed E-state index contributed by atoms with van der Waals surface area (Å²) in [7, 11) is 1.85. The van der Waals surface area contributed by atoms with E-state index < -0.39 is 0 Å².